The summed E-state index contributed by atoms with van der Waals surface area (Å²) in [7, 11) is -3.99. The lowest BCUT2D eigenvalue weighted by atomic mass is 10.3. The summed E-state index contributed by atoms with van der Waals surface area (Å²) in [4.78, 5) is 11.6. The van der Waals surface area contributed by atoms with E-state index in [1.165, 1.54) is 18.2 Å². The average Bonchev–Trinajstić information content (AvgIpc) is 2.49. The van der Waals surface area contributed by atoms with E-state index >= 15 is 0 Å². The summed E-state index contributed by atoms with van der Waals surface area (Å²) < 4.78 is 41.0. The van der Waals surface area contributed by atoms with Crippen molar-refractivity contribution < 1.29 is 22.3 Å². The lowest BCUT2D eigenvalue weighted by Crippen LogP contribution is -2.21. The van der Waals surface area contributed by atoms with Crippen LogP contribution in [0.15, 0.2) is 41.3 Å². The van der Waals surface area contributed by atoms with Gasteiger partial charge in [0, 0.05) is 0 Å². The van der Waals surface area contributed by atoms with Crippen LogP contribution in [0.1, 0.15) is 0 Å². The third kappa shape index (κ3) is 4.57. The van der Waals surface area contributed by atoms with Crippen molar-refractivity contribution in [2.45, 2.75) is 4.90 Å². The fourth-order valence-electron chi connectivity index (χ4n) is 1.71. The van der Waals surface area contributed by atoms with Gasteiger partial charge in [0.05, 0.1) is 20.6 Å². The number of hydrogen-bond donors (Lipinski definition) is 2. The fourth-order valence-corrected chi connectivity index (χ4v) is 2.99. The Hall–Kier alpha value is -1.87. The number of sulfonamides is 1. The Morgan fingerprint density at radius 3 is 2.33 bits per heavy atom. The molecule has 0 aromatic heterocycles. The van der Waals surface area contributed by atoms with E-state index in [2.05, 4.69) is 5.32 Å². The lowest BCUT2D eigenvalue weighted by molar-refractivity contribution is -0.118. The van der Waals surface area contributed by atoms with Crippen LogP contribution in [-0.4, -0.2) is 20.9 Å². The molecule has 128 valence electrons. The molecule has 0 spiro atoms. The molecular formula is C14H11Cl2FN2O4S. The summed E-state index contributed by atoms with van der Waals surface area (Å²) in [5.41, 5.74) is -0.00660. The van der Waals surface area contributed by atoms with Gasteiger partial charge < -0.3 is 10.1 Å². The Labute approximate surface area is 147 Å². The van der Waals surface area contributed by atoms with Crippen LogP contribution in [0, 0.1) is 5.82 Å². The number of carbonyl (C=O) groups is 1. The molecule has 0 heterocycles. The van der Waals surface area contributed by atoms with Crippen molar-refractivity contribution >= 4 is 44.8 Å². The molecule has 0 aliphatic heterocycles. The third-order valence-corrected chi connectivity index (χ3v) is 4.29. The number of nitrogens with two attached hydrogens (primary N) is 1. The van der Waals surface area contributed by atoms with Gasteiger partial charge >= 0.3 is 0 Å². The van der Waals surface area contributed by atoms with Crippen LogP contribution < -0.4 is 15.2 Å². The van der Waals surface area contributed by atoms with Crippen molar-refractivity contribution in [1.29, 1.82) is 0 Å². The summed E-state index contributed by atoms with van der Waals surface area (Å²) in [6.45, 7) is -0.496. The van der Waals surface area contributed by atoms with E-state index in [9.17, 15) is 17.6 Å². The van der Waals surface area contributed by atoms with Gasteiger partial charge in [0.1, 0.15) is 0 Å². The molecule has 0 saturated carbocycles. The Morgan fingerprint density at radius 2 is 1.79 bits per heavy atom. The zero-order valence-electron chi connectivity index (χ0n) is 11.9. The van der Waals surface area contributed by atoms with Crippen LogP contribution in [0.5, 0.6) is 5.75 Å². The number of halogens is 3. The highest BCUT2D eigenvalue weighted by Gasteiger charge is 2.17. The lowest BCUT2D eigenvalue weighted by Gasteiger charge is -2.12. The molecule has 3 N–H and O–H groups in total. The first-order chi connectivity index (χ1) is 11.2. The molecule has 0 unspecified atom stereocenters. The minimum atomic E-state index is -3.99. The summed E-state index contributed by atoms with van der Waals surface area (Å²) in [5, 5.41) is 7.11. The minimum Gasteiger partial charge on any atom is -0.481 e. The second-order valence-electron chi connectivity index (χ2n) is 4.57. The predicted octanol–water partition coefficient (Wildman–Crippen LogP) is 2.80. The van der Waals surface area contributed by atoms with E-state index in [-0.39, 0.29) is 26.4 Å². The number of benzene rings is 2. The zero-order chi connectivity index (χ0) is 17.9. The minimum absolute atomic E-state index is 0.00660. The van der Waals surface area contributed by atoms with Gasteiger partial charge in [0.2, 0.25) is 10.0 Å². The van der Waals surface area contributed by atoms with Gasteiger partial charge in [-0.25, -0.2) is 17.9 Å². The maximum absolute atomic E-state index is 13.4. The molecular weight excluding hydrogens is 382 g/mol. The van der Waals surface area contributed by atoms with Gasteiger partial charge in [-0.15, -0.1) is 0 Å². The summed E-state index contributed by atoms with van der Waals surface area (Å²) in [6.07, 6.45) is 0. The van der Waals surface area contributed by atoms with Crippen molar-refractivity contribution in [2.75, 3.05) is 11.9 Å². The van der Waals surface area contributed by atoms with Crippen LogP contribution in [0.2, 0.25) is 10.0 Å². The van der Waals surface area contributed by atoms with Crippen molar-refractivity contribution in [3.8, 4) is 5.75 Å². The van der Waals surface area contributed by atoms with Gasteiger partial charge in [-0.1, -0.05) is 35.3 Å². The molecule has 2 rings (SSSR count). The quantitative estimate of drug-likeness (QED) is 0.816. The van der Waals surface area contributed by atoms with Crippen LogP contribution in [-0.2, 0) is 14.8 Å². The van der Waals surface area contributed by atoms with Gasteiger partial charge in [-0.2, -0.15) is 0 Å². The standard InChI is InChI=1S/C14H11Cl2FN2O4S/c15-9-5-8(24(18,21)22)6-10(16)14(9)19-13(20)7-23-12-4-2-1-3-11(12)17/h1-6H,7H2,(H,19,20)(H2,18,21,22). The number of primary sulfonamides is 1. The molecule has 0 aliphatic rings. The molecule has 0 saturated heterocycles. The van der Waals surface area contributed by atoms with E-state index < -0.39 is 28.4 Å². The molecule has 10 heteroatoms. The zero-order valence-corrected chi connectivity index (χ0v) is 14.3. The Bertz CT molecular complexity index is 867. The molecule has 0 bridgehead atoms. The van der Waals surface area contributed by atoms with Crippen LogP contribution in [0.25, 0.3) is 0 Å². The summed E-state index contributed by atoms with van der Waals surface area (Å²) in [5.74, 6) is -1.36. The molecule has 2 aromatic rings. The number of ether oxygens (including phenoxy) is 1. The first kappa shape index (κ1) is 18.5. The van der Waals surface area contributed by atoms with Crippen molar-refractivity contribution in [3.63, 3.8) is 0 Å². The number of nitrogens with one attached hydrogen (secondary N) is 1. The monoisotopic (exact) mass is 392 g/mol. The highest BCUT2D eigenvalue weighted by molar-refractivity contribution is 7.89. The third-order valence-electron chi connectivity index (χ3n) is 2.80. The van der Waals surface area contributed by atoms with E-state index in [1.807, 2.05) is 0 Å². The number of carbonyl (C=O) groups excluding carboxylic acids is 1. The summed E-state index contributed by atoms with van der Waals surface area (Å²) in [6, 6.07) is 7.69. The molecule has 0 radical (unpaired) electrons. The highest BCUT2D eigenvalue weighted by atomic mass is 35.5. The van der Waals surface area contributed by atoms with Crippen LogP contribution in [0.4, 0.5) is 10.1 Å². The average molecular weight is 393 g/mol. The largest absolute Gasteiger partial charge is 0.481 e. The predicted molar refractivity (Wildman–Crippen MR) is 88.4 cm³/mol. The maximum atomic E-state index is 13.4. The maximum Gasteiger partial charge on any atom is 0.262 e. The van der Waals surface area contributed by atoms with Crippen molar-refractivity contribution in [3.05, 3.63) is 52.3 Å². The topological polar surface area (TPSA) is 98.5 Å². The molecule has 0 atom stereocenters. The molecule has 6 nitrogen and oxygen atoms in total. The van der Waals surface area contributed by atoms with Gasteiger partial charge in [-0.3, -0.25) is 4.79 Å². The number of hydrogen-bond acceptors (Lipinski definition) is 4. The number of rotatable bonds is 5. The first-order valence-electron chi connectivity index (χ1n) is 6.37. The molecule has 0 aliphatic carbocycles. The normalized spacial score (nSPS) is 11.2. The van der Waals surface area contributed by atoms with E-state index in [0.717, 1.165) is 12.1 Å². The summed E-state index contributed by atoms with van der Waals surface area (Å²) >= 11 is 11.8. The fraction of sp³-hybridized carbons (Fsp3) is 0.0714. The smallest absolute Gasteiger partial charge is 0.262 e. The second-order valence-corrected chi connectivity index (χ2v) is 6.95. The van der Waals surface area contributed by atoms with Crippen molar-refractivity contribution in [2.24, 2.45) is 5.14 Å². The van der Waals surface area contributed by atoms with Crippen molar-refractivity contribution in [1.82, 2.24) is 0 Å². The van der Waals surface area contributed by atoms with E-state index in [0.29, 0.717) is 0 Å². The Balaban J connectivity index is 2.11. The molecule has 1 amide bonds. The number of anilines is 1. The van der Waals surface area contributed by atoms with E-state index in [1.54, 1.807) is 6.07 Å². The van der Waals surface area contributed by atoms with Crippen LogP contribution >= 0.6 is 23.2 Å². The Morgan fingerprint density at radius 1 is 1.21 bits per heavy atom. The molecule has 0 fully saturated rings. The Kier molecular flexibility index (Phi) is 5.66. The molecule has 24 heavy (non-hydrogen) atoms. The number of para-hydroxylation sites is 1. The van der Waals surface area contributed by atoms with Gasteiger partial charge in [0.15, 0.2) is 18.2 Å². The van der Waals surface area contributed by atoms with Crippen LogP contribution in [0.3, 0.4) is 0 Å². The SMILES string of the molecule is NS(=O)(=O)c1cc(Cl)c(NC(=O)COc2ccccc2F)c(Cl)c1. The highest BCUT2D eigenvalue weighted by Crippen LogP contribution is 2.33. The van der Waals surface area contributed by atoms with E-state index in [4.69, 9.17) is 33.1 Å². The first-order valence-corrected chi connectivity index (χ1v) is 8.67. The second kappa shape index (κ2) is 7.35. The van der Waals surface area contributed by atoms with Gasteiger partial charge in [-0.05, 0) is 24.3 Å². The number of amides is 1. The molecule has 2 aromatic carbocycles. The van der Waals surface area contributed by atoms with Gasteiger partial charge in [0.25, 0.3) is 5.91 Å².